The molecule has 0 radical (unpaired) electrons. The first kappa shape index (κ1) is 10.1. The maximum absolute atomic E-state index is 5.61. The molecule has 0 fully saturated rings. The van der Waals surface area contributed by atoms with E-state index in [1.54, 1.807) is 0 Å². The molecular formula is C10H18N2O. The molecule has 0 amide bonds. The van der Waals surface area contributed by atoms with E-state index in [0.29, 0.717) is 6.54 Å². The molecule has 0 saturated carbocycles. The summed E-state index contributed by atoms with van der Waals surface area (Å²) in [4.78, 5) is 0. The summed E-state index contributed by atoms with van der Waals surface area (Å²) in [7, 11) is 0. The Hall–Kier alpha value is -0.960. The molecule has 0 bridgehead atoms. The molecule has 1 aromatic rings. The molecule has 1 rings (SSSR count). The average molecular weight is 182 g/mol. The molecule has 0 aromatic carbocycles. The molecule has 3 nitrogen and oxygen atoms in total. The summed E-state index contributed by atoms with van der Waals surface area (Å²) >= 11 is 0. The summed E-state index contributed by atoms with van der Waals surface area (Å²) in [6.45, 7) is 7.67. The second-order valence-corrected chi connectivity index (χ2v) is 4.13. The number of furan rings is 1. The van der Waals surface area contributed by atoms with Crippen LogP contribution < -0.4 is 11.1 Å². The number of anilines is 1. The predicted octanol–water partition coefficient (Wildman–Crippen LogP) is 1.98. The molecule has 3 N–H and O–H groups in total. The third kappa shape index (κ3) is 3.11. The van der Waals surface area contributed by atoms with E-state index in [1.165, 1.54) is 0 Å². The van der Waals surface area contributed by atoms with Crippen LogP contribution in [0.4, 0.5) is 5.88 Å². The van der Waals surface area contributed by atoms with E-state index in [-0.39, 0.29) is 5.41 Å². The molecule has 0 aliphatic rings. The van der Waals surface area contributed by atoms with Crippen molar-refractivity contribution in [1.29, 1.82) is 0 Å². The summed E-state index contributed by atoms with van der Waals surface area (Å²) in [5, 5.41) is 3.21. The molecule has 0 aliphatic carbocycles. The van der Waals surface area contributed by atoms with Gasteiger partial charge in [-0.1, -0.05) is 13.8 Å². The van der Waals surface area contributed by atoms with Gasteiger partial charge in [0.15, 0.2) is 5.88 Å². The Labute approximate surface area is 79.3 Å². The van der Waals surface area contributed by atoms with E-state index >= 15 is 0 Å². The van der Waals surface area contributed by atoms with E-state index in [9.17, 15) is 0 Å². The SMILES string of the molecule is Cc1ccc(NCC(C)(C)CN)o1. The Morgan fingerprint density at radius 1 is 1.46 bits per heavy atom. The van der Waals surface area contributed by atoms with Crippen LogP contribution in [0.2, 0.25) is 0 Å². The number of rotatable bonds is 4. The molecule has 0 spiro atoms. The predicted molar refractivity (Wildman–Crippen MR) is 54.8 cm³/mol. The zero-order valence-corrected chi connectivity index (χ0v) is 8.55. The van der Waals surface area contributed by atoms with Crippen LogP contribution in [0.25, 0.3) is 0 Å². The Bertz CT molecular complexity index is 266. The average Bonchev–Trinajstić information content (AvgIpc) is 2.48. The van der Waals surface area contributed by atoms with Crippen molar-refractivity contribution in [2.45, 2.75) is 20.8 Å². The van der Waals surface area contributed by atoms with Crippen LogP contribution >= 0.6 is 0 Å². The van der Waals surface area contributed by atoms with Crippen molar-refractivity contribution in [3.05, 3.63) is 17.9 Å². The van der Waals surface area contributed by atoms with E-state index in [2.05, 4.69) is 19.2 Å². The van der Waals surface area contributed by atoms with Crippen molar-refractivity contribution in [3.8, 4) is 0 Å². The van der Waals surface area contributed by atoms with Gasteiger partial charge in [-0.2, -0.15) is 0 Å². The highest BCUT2D eigenvalue weighted by Crippen LogP contribution is 2.16. The minimum absolute atomic E-state index is 0.112. The lowest BCUT2D eigenvalue weighted by Crippen LogP contribution is -2.31. The van der Waals surface area contributed by atoms with Gasteiger partial charge in [0.05, 0.1) is 0 Å². The standard InChI is InChI=1S/C10H18N2O/c1-8-4-5-9(13-8)12-7-10(2,3)6-11/h4-5,12H,6-7,11H2,1-3H3. The zero-order valence-electron chi connectivity index (χ0n) is 8.55. The Balaban J connectivity index is 2.43. The van der Waals surface area contributed by atoms with Crippen molar-refractivity contribution in [1.82, 2.24) is 0 Å². The minimum Gasteiger partial charge on any atom is -0.446 e. The third-order valence-corrected chi connectivity index (χ3v) is 2.03. The van der Waals surface area contributed by atoms with Crippen LogP contribution in [0.5, 0.6) is 0 Å². The van der Waals surface area contributed by atoms with Crippen LogP contribution in [-0.4, -0.2) is 13.1 Å². The van der Waals surface area contributed by atoms with E-state index in [0.717, 1.165) is 18.2 Å². The summed E-state index contributed by atoms with van der Waals surface area (Å²) < 4.78 is 5.37. The van der Waals surface area contributed by atoms with Gasteiger partial charge in [0.2, 0.25) is 0 Å². The second-order valence-electron chi connectivity index (χ2n) is 4.13. The second kappa shape index (κ2) is 3.83. The van der Waals surface area contributed by atoms with Gasteiger partial charge in [0.1, 0.15) is 5.76 Å². The van der Waals surface area contributed by atoms with Gasteiger partial charge < -0.3 is 15.5 Å². The van der Waals surface area contributed by atoms with Crippen molar-refractivity contribution in [2.24, 2.45) is 11.1 Å². The number of hydrogen-bond acceptors (Lipinski definition) is 3. The highest BCUT2D eigenvalue weighted by molar-refractivity contribution is 5.32. The number of hydrogen-bond donors (Lipinski definition) is 2. The normalized spacial score (nSPS) is 11.7. The Morgan fingerprint density at radius 3 is 2.62 bits per heavy atom. The molecule has 3 heteroatoms. The minimum atomic E-state index is 0.112. The fourth-order valence-corrected chi connectivity index (χ4v) is 0.928. The lowest BCUT2D eigenvalue weighted by atomic mass is 9.94. The monoisotopic (exact) mass is 182 g/mol. The third-order valence-electron chi connectivity index (χ3n) is 2.03. The van der Waals surface area contributed by atoms with Gasteiger partial charge in [0, 0.05) is 12.6 Å². The highest BCUT2D eigenvalue weighted by Gasteiger charge is 2.15. The largest absolute Gasteiger partial charge is 0.446 e. The fraction of sp³-hybridized carbons (Fsp3) is 0.600. The molecule has 0 atom stereocenters. The first-order chi connectivity index (χ1) is 6.03. The molecule has 13 heavy (non-hydrogen) atoms. The van der Waals surface area contributed by atoms with Crippen LogP contribution in [0, 0.1) is 12.3 Å². The number of nitrogens with two attached hydrogens (primary N) is 1. The van der Waals surface area contributed by atoms with Gasteiger partial charge in [-0.15, -0.1) is 0 Å². The lowest BCUT2D eigenvalue weighted by Gasteiger charge is -2.22. The molecular weight excluding hydrogens is 164 g/mol. The van der Waals surface area contributed by atoms with E-state index in [4.69, 9.17) is 10.2 Å². The van der Waals surface area contributed by atoms with Crippen molar-refractivity contribution in [2.75, 3.05) is 18.4 Å². The summed E-state index contributed by atoms with van der Waals surface area (Å²) in [5.74, 6) is 1.74. The first-order valence-electron chi connectivity index (χ1n) is 4.54. The maximum Gasteiger partial charge on any atom is 0.193 e. The first-order valence-corrected chi connectivity index (χ1v) is 4.54. The fourth-order valence-electron chi connectivity index (χ4n) is 0.928. The van der Waals surface area contributed by atoms with Crippen molar-refractivity contribution >= 4 is 5.88 Å². The summed E-state index contributed by atoms with van der Waals surface area (Å²) in [5.41, 5.74) is 5.72. The molecule has 74 valence electrons. The number of nitrogens with one attached hydrogen (secondary N) is 1. The lowest BCUT2D eigenvalue weighted by molar-refractivity contribution is 0.399. The van der Waals surface area contributed by atoms with Gasteiger partial charge >= 0.3 is 0 Å². The Morgan fingerprint density at radius 2 is 2.15 bits per heavy atom. The van der Waals surface area contributed by atoms with Crippen LogP contribution in [0.1, 0.15) is 19.6 Å². The van der Waals surface area contributed by atoms with Crippen molar-refractivity contribution < 1.29 is 4.42 Å². The molecule has 1 aromatic heterocycles. The maximum atomic E-state index is 5.61. The van der Waals surface area contributed by atoms with E-state index < -0.39 is 0 Å². The van der Waals surface area contributed by atoms with Crippen LogP contribution in [0.15, 0.2) is 16.5 Å². The topological polar surface area (TPSA) is 51.2 Å². The molecule has 0 aliphatic heterocycles. The van der Waals surface area contributed by atoms with Gasteiger partial charge in [-0.05, 0) is 24.9 Å². The quantitative estimate of drug-likeness (QED) is 0.748. The molecule has 0 saturated heterocycles. The van der Waals surface area contributed by atoms with Gasteiger partial charge in [0.25, 0.3) is 0 Å². The van der Waals surface area contributed by atoms with Gasteiger partial charge in [-0.3, -0.25) is 0 Å². The smallest absolute Gasteiger partial charge is 0.193 e. The van der Waals surface area contributed by atoms with Crippen molar-refractivity contribution in [3.63, 3.8) is 0 Å². The molecule has 1 heterocycles. The molecule has 0 unspecified atom stereocenters. The summed E-state index contributed by atoms with van der Waals surface area (Å²) in [6, 6.07) is 3.87. The zero-order chi connectivity index (χ0) is 9.90. The van der Waals surface area contributed by atoms with Crippen LogP contribution in [0.3, 0.4) is 0 Å². The summed E-state index contributed by atoms with van der Waals surface area (Å²) in [6.07, 6.45) is 0. The van der Waals surface area contributed by atoms with E-state index in [1.807, 2.05) is 19.1 Å². The van der Waals surface area contributed by atoms with Crippen LogP contribution in [-0.2, 0) is 0 Å². The highest BCUT2D eigenvalue weighted by atomic mass is 16.4. The number of aryl methyl sites for hydroxylation is 1. The Kier molecular flexibility index (Phi) is 2.98. The van der Waals surface area contributed by atoms with Gasteiger partial charge in [-0.25, -0.2) is 0 Å².